The molecule has 28 heavy (non-hydrogen) atoms. The smallest absolute Gasteiger partial charge is 0.225 e. The minimum absolute atomic E-state index is 0.0140. The number of methoxy groups -OCH3 is 3. The summed E-state index contributed by atoms with van der Waals surface area (Å²) in [5.41, 5.74) is 1.96. The molecule has 1 aliphatic rings. The molecule has 2 heterocycles. The summed E-state index contributed by atoms with van der Waals surface area (Å²) >= 11 is 0. The molecule has 0 aliphatic carbocycles. The minimum Gasteiger partial charge on any atom is -0.493 e. The van der Waals surface area contributed by atoms with Crippen molar-refractivity contribution in [2.45, 2.75) is 18.9 Å². The first kappa shape index (κ1) is 20.0. The van der Waals surface area contributed by atoms with E-state index in [4.69, 9.17) is 14.2 Å². The van der Waals surface area contributed by atoms with Crippen LogP contribution < -0.4 is 24.8 Å². The molecule has 8 nitrogen and oxygen atoms in total. The van der Waals surface area contributed by atoms with Gasteiger partial charge in [0.1, 0.15) is 0 Å². The van der Waals surface area contributed by atoms with Gasteiger partial charge in [0.15, 0.2) is 11.5 Å². The Morgan fingerprint density at radius 2 is 1.89 bits per heavy atom. The third kappa shape index (κ3) is 3.91. The summed E-state index contributed by atoms with van der Waals surface area (Å²) < 4.78 is 18.0. The van der Waals surface area contributed by atoms with Crippen LogP contribution in [-0.2, 0) is 11.8 Å². The van der Waals surface area contributed by atoms with Gasteiger partial charge in [0.25, 0.3) is 0 Å². The Kier molecular flexibility index (Phi) is 6.08. The van der Waals surface area contributed by atoms with Gasteiger partial charge in [-0.3, -0.25) is 9.48 Å². The van der Waals surface area contributed by atoms with Gasteiger partial charge in [-0.1, -0.05) is 0 Å². The van der Waals surface area contributed by atoms with Crippen molar-refractivity contribution in [1.82, 2.24) is 20.4 Å². The van der Waals surface area contributed by atoms with Crippen LogP contribution in [0.15, 0.2) is 24.5 Å². The monoisotopic (exact) mass is 388 g/mol. The molecule has 0 bridgehead atoms. The van der Waals surface area contributed by atoms with E-state index < -0.39 is 0 Å². The normalized spacial score (nSPS) is 19.9. The van der Waals surface area contributed by atoms with E-state index in [1.165, 1.54) is 0 Å². The van der Waals surface area contributed by atoms with Gasteiger partial charge in [-0.05, 0) is 30.2 Å². The quantitative estimate of drug-likeness (QED) is 0.750. The standard InChI is InChI=1S/C20H28N4O4/c1-12(13-6-17(26-3)19(28-5)18(7-13)27-4)23-20(25)16-10-21-9-15(16)14-8-22-24(2)11-14/h6-8,11-12,15-16,21H,9-10H2,1-5H3,(H,23,25)/t12?,15-,16+/m1/s1. The Bertz CT molecular complexity index is 810. The molecule has 1 saturated heterocycles. The molecular formula is C20H28N4O4. The summed E-state index contributed by atoms with van der Waals surface area (Å²) in [5, 5.41) is 10.7. The van der Waals surface area contributed by atoms with Gasteiger partial charge >= 0.3 is 0 Å². The van der Waals surface area contributed by atoms with Crippen LogP contribution in [0.3, 0.4) is 0 Å². The van der Waals surface area contributed by atoms with Crippen LogP contribution >= 0.6 is 0 Å². The first-order chi connectivity index (χ1) is 13.5. The van der Waals surface area contributed by atoms with Gasteiger partial charge in [-0.25, -0.2) is 0 Å². The summed E-state index contributed by atoms with van der Waals surface area (Å²) in [5.74, 6) is 1.64. The molecule has 1 aromatic carbocycles. The first-order valence-corrected chi connectivity index (χ1v) is 9.28. The molecule has 1 unspecified atom stereocenters. The molecule has 1 aromatic heterocycles. The minimum atomic E-state index is -0.212. The number of carbonyl (C=O) groups is 1. The van der Waals surface area contributed by atoms with Crippen molar-refractivity contribution in [3.05, 3.63) is 35.7 Å². The van der Waals surface area contributed by atoms with Crippen molar-refractivity contribution in [2.24, 2.45) is 13.0 Å². The lowest BCUT2D eigenvalue weighted by molar-refractivity contribution is -0.125. The number of nitrogens with zero attached hydrogens (tertiary/aromatic N) is 2. The van der Waals surface area contributed by atoms with E-state index in [9.17, 15) is 4.79 Å². The molecule has 3 atom stereocenters. The third-order valence-corrected chi connectivity index (χ3v) is 5.25. The molecule has 1 aliphatic heterocycles. The molecule has 1 fully saturated rings. The zero-order valence-corrected chi connectivity index (χ0v) is 17.0. The Morgan fingerprint density at radius 3 is 2.43 bits per heavy atom. The Morgan fingerprint density at radius 1 is 1.21 bits per heavy atom. The predicted octanol–water partition coefficient (Wildman–Crippen LogP) is 1.63. The highest BCUT2D eigenvalue weighted by Gasteiger charge is 2.35. The van der Waals surface area contributed by atoms with Crippen molar-refractivity contribution >= 4 is 5.91 Å². The highest BCUT2D eigenvalue weighted by molar-refractivity contribution is 5.81. The second-order valence-electron chi connectivity index (χ2n) is 7.01. The van der Waals surface area contributed by atoms with Crippen molar-refractivity contribution in [3.63, 3.8) is 0 Å². The second kappa shape index (κ2) is 8.52. The lowest BCUT2D eigenvalue weighted by Gasteiger charge is -2.22. The molecule has 2 N–H and O–H groups in total. The van der Waals surface area contributed by atoms with E-state index in [-0.39, 0.29) is 23.8 Å². The number of nitrogens with one attached hydrogen (secondary N) is 2. The maximum Gasteiger partial charge on any atom is 0.225 e. The van der Waals surface area contributed by atoms with Crippen molar-refractivity contribution in [1.29, 1.82) is 0 Å². The van der Waals surface area contributed by atoms with Crippen LogP contribution in [0.4, 0.5) is 0 Å². The Balaban J connectivity index is 1.77. The molecular weight excluding hydrogens is 360 g/mol. The van der Waals surface area contributed by atoms with Gasteiger partial charge < -0.3 is 24.8 Å². The maximum absolute atomic E-state index is 13.0. The molecule has 0 spiro atoms. The highest BCUT2D eigenvalue weighted by Crippen LogP contribution is 2.39. The SMILES string of the molecule is COc1cc(C(C)NC(=O)[C@H]2CNC[C@@H]2c2cnn(C)c2)cc(OC)c1OC. The molecule has 8 heteroatoms. The topological polar surface area (TPSA) is 86.6 Å². The van der Waals surface area contributed by atoms with Gasteiger partial charge in [-0.2, -0.15) is 5.10 Å². The van der Waals surface area contributed by atoms with Crippen LogP contribution in [-0.4, -0.2) is 50.1 Å². The molecule has 0 saturated carbocycles. The van der Waals surface area contributed by atoms with Crippen molar-refractivity contribution < 1.29 is 19.0 Å². The number of hydrogen-bond donors (Lipinski definition) is 2. The van der Waals surface area contributed by atoms with Crippen LogP contribution in [0.25, 0.3) is 0 Å². The van der Waals surface area contributed by atoms with E-state index in [0.29, 0.717) is 23.8 Å². The molecule has 2 aromatic rings. The van der Waals surface area contributed by atoms with E-state index in [1.807, 2.05) is 38.5 Å². The van der Waals surface area contributed by atoms with Crippen LogP contribution in [0, 0.1) is 5.92 Å². The van der Waals surface area contributed by atoms with Crippen LogP contribution in [0.1, 0.15) is 30.0 Å². The first-order valence-electron chi connectivity index (χ1n) is 9.28. The van der Waals surface area contributed by atoms with Gasteiger partial charge in [0, 0.05) is 32.3 Å². The fourth-order valence-corrected chi connectivity index (χ4v) is 3.69. The van der Waals surface area contributed by atoms with E-state index >= 15 is 0 Å². The molecule has 3 rings (SSSR count). The van der Waals surface area contributed by atoms with Crippen LogP contribution in [0.5, 0.6) is 17.2 Å². The fourth-order valence-electron chi connectivity index (χ4n) is 3.69. The number of hydrogen-bond acceptors (Lipinski definition) is 6. The number of ether oxygens (including phenoxy) is 3. The predicted molar refractivity (Wildman–Crippen MR) is 105 cm³/mol. The number of amides is 1. The zero-order valence-electron chi connectivity index (χ0n) is 17.0. The number of rotatable bonds is 7. The third-order valence-electron chi connectivity index (χ3n) is 5.25. The fraction of sp³-hybridized carbons (Fsp3) is 0.500. The average molecular weight is 388 g/mol. The number of aromatic nitrogens is 2. The largest absolute Gasteiger partial charge is 0.493 e. The summed E-state index contributed by atoms with van der Waals surface area (Å²) in [7, 11) is 6.60. The molecule has 0 radical (unpaired) electrons. The summed E-state index contributed by atoms with van der Waals surface area (Å²) in [4.78, 5) is 13.0. The van der Waals surface area contributed by atoms with E-state index in [1.54, 1.807) is 26.0 Å². The Hall–Kier alpha value is -2.74. The number of carbonyl (C=O) groups excluding carboxylic acids is 1. The van der Waals surface area contributed by atoms with Crippen molar-refractivity contribution in [2.75, 3.05) is 34.4 Å². The van der Waals surface area contributed by atoms with E-state index in [2.05, 4.69) is 15.7 Å². The maximum atomic E-state index is 13.0. The average Bonchev–Trinajstić information content (AvgIpc) is 3.35. The Labute approximate surface area is 165 Å². The van der Waals surface area contributed by atoms with Gasteiger partial charge in [0.05, 0.1) is 39.5 Å². The van der Waals surface area contributed by atoms with Crippen LogP contribution in [0.2, 0.25) is 0 Å². The second-order valence-corrected chi connectivity index (χ2v) is 7.01. The van der Waals surface area contributed by atoms with Gasteiger partial charge in [0.2, 0.25) is 11.7 Å². The molecule has 1 amide bonds. The number of aryl methyl sites for hydroxylation is 1. The van der Waals surface area contributed by atoms with Crippen molar-refractivity contribution in [3.8, 4) is 17.2 Å². The van der Waals surface area contributed by atoms with Gasteiger partial charge in [-0.15, -0.1) is 0 Å². The summed E-state index contributed by atoms with van der Waals surface area (Å²) in [6, 6.07) is 3.51. The van der Waals surface area contributed by atoms with E-state index in [0.717, 1.165) is 17.7 Å². The highest BCUT2D eigenvalue weighted by atomic mass is 16.5. The summed E-state index contributed by atoms with van der Waals surface area (Å²) in [6.45, 7) is 3.36. The lowest BCUT2D eigenvalue weighted by Crippen LogP contribution is -2.36. The lowest BCUT2D eigenvalue weighted by atomic mass is 9.90. The molecule has 152 valence electrons. The zero-order chi connectivity index (χ0) is 20.3. The summed E-state index contributed by atoms with van der Waals surface area (Å²) in [6.07, 6.45) is 3.81. The number of benzene rings is 1.